The maximum absolute atomic E-state index is 4.71. The van der Waals surface area contributed by atoms with Crippen molar-refractivity contribution < 1.29 is 0 Å². The largest absolute Gasteiger partial charge is 0.357 e. The molecule has 0 amide bonds. The minimum Gasteiger partial charge on any atom is -0.357 e. The van der Waals surface area contributed by atoms with Crippen molar-refractivity contribution in [2.24, 2.45) is 10.4 Å². The summed E-state index contributed by atoms with van der Waals surface area (Å²) in [4.78, 5) is 7.10. The van der Waals surface area contributed by atoms with Gasteiger partial charge in [0.05, 0.1) is 6.54 Å². The fourth-order valence-corrected chi connectivity index (χ4v) is 2.66. The van der Waals surface area contributed by atoms with Gasteiger partial charge >= 0.3 is 0 Å². The molecule has 112 valence electrons. The Morgan fingerprint density at radius 1 is 1.53 bits per heavy atom. The number of halogens is 1. The van der Waals surface area contributed by atoms with Crippen molar-refractivity contribution in [3.63, 3.8) is 0 Å². The van der Waals surface area contributed by atoms with Gasteiger partial charge in [-0.2, -0.15) is 11.8 Å². The molecule has 0 radical (unpaired) electrons. The summed E-state index contributed by atoms with van der Waals surface area (Å²) in [5.74, 6) is 3.17. The number of rotatable bonds is 6. The lowest BCUT2D eigenvalue weighted by Gasteiger charge is -2.23. The van der Waals surface area contributed by atoms with E-state index in [1.807, 2.05) is 17.8 Å². The number of likely N-dealkylation sites (tertiary alicyclic amines) is 1. The third-order valence-electron chi connectivity index (χ3n) is 3.04. The second-order valence-corrected chi connectivity index (χ2v) is 6.58. The molecule has 1 aliphatic heterocycles. The van der Waals surface area contributed by atoms with E-state index in [0.29, 0.717) is 5.41 Å². The summed E-state index contributed by atoms with van der Waals surface area (Å²) >= 11 is 1.88. The molecule has 0 atom stereocenters. The average Bonchev–Trinajstić information content (AvgIpc) is 2.68. The Hall–Kier alpha value is 0.0900. The Bertz CT molecular complexity index is 292. The number of hydrogen-bond donors (Lipinski definition) is 1. The van der Waals surface area contributed by atoms with Gasteiger partial charge in [0.1, 0.15) is 0 Å². The normalized spacial score (nSPS) is 18.1. The van der Waals surface area contributed by atoms with Crippen molar-refractivity contribution in [2.75, 3.05) is 37.7 Å². The van der Waals surface area contributed by atoms with E-state index in [2.05, 4.69) is 37.6 Å². The SMILES string of the molecule is C=CCSCCN=C(NCC)N1CCC(C)(C)C1.I. The van der Waals surface area contributed by atoms with Crippen molar-refractivity contribution in [3.05, 3.63) is 12.7 Å². The molecule has 0 spiro atoms. The topological polar surface area (TPSA) is 27.6 Å². The van der Waals surface area contributed by atoms with Crippen LogP contribution in [0.15, 0.2) is 17.6 Å². The van der Waals surface area contributed by atoms with Gasteiger partial charge < -0.3 is 10.2 Å². The van der Waals surface area contributed by atoms with Crippen LogP contribution >= 0.6 is 35.7 Å². The summed E-state index contributed by atoms with van der Waals surface area (Å²) in [5.41, 5.74) is 0.424. The standard InChI is InChI=1S/C14H27N3S.HI/c1-5-10-18-11-8-16-13(15-6-2)17-9-7-14(3,4)12-17;/h5H,1,6-12H2,2-4H3,(H,15,16);1H. The van der Waals surface area contributed by atoms with E-state index >= 15 is 0 Å². The summed E-state index contributed by atoms with van der Waals surface area (Å²) in [6.45, 7) is 14.6. The number of guanidine groups is 1. The minimum absolute atomic E-state index is 0. The van der Waals surface area contributed by atoms with E-state index in [9.17, 15) is 0 Å². The summed E-state index contributed by atoms with van der Waals surface area (Å²) < 4.78 is 0. The lowest BCUT2D eigenvalue weighted by Crippen LogP contribution is -2.40. The molecule has 1 fully saturated rings. The molecule has 0 bridgehead atoms. The molecule has 1 aliphatic rings. The summed E-state index contributed by atoms with van der Waals surface area (Å²) in [5, 5.41) is 3.40. The predicted octanol–water partition coefficient (Wildman–Crippen LogP) is 3.22. The molecule has 0 aromatic rings. The highest BCUT2D eigenvalue weighted by molar-refractivity contribution is 14.0. The van der Waals surface area contributed by atoms with E-state index in [0.717, 1.165) is 43.6 Å². The van der Waals surface area contributed by atoms with Gasteiger partial charge in [0.15, 0.2) is 5.96 Å². The van der Waals surface area contributed by atoms with Crippen LogP contribution in [0.5, 0.6) is 0 Å². The fourth-order valence-electron chi connectivity index (χ4n) is 2.10. The smallest absolute Gasteiger partial charge is 0.193 e. The number of thioether (sulfide) groups is 1. The molecule has 0 aromatic carbocycles. The van der Waals surface area contributed by atoms with Gasteiger partial charge in [0.2, 0.25) is 0 Å². The fraction of sp³-hybridized carbons (Fsp3) is 0.786. The van der Waals surface area contributed by atoms with Gasteiger partial charge in [-0.15, -0.1) is 30.6 Å². The van der Waals surface area contributed by atoms with Gasteiger partial charge in [-0.05, 0) is 18.8 Å². The first-order chi connectivity index (χ1) is 8.59. The number of aliphatic imine (C=N–C) groups is 1. The quantitative estimate of drug-likeness (QED) is 0.245. The summed E-state index contributed by atoms with van der Waals surface area (Å²) in [6.07, 6.45) is 3.20. The first-order valence-electron chi connectivity index (χ1n) is 6.81. The maximum atomic E-state index is 4.71. The molecule has 0 aliphatic carbocycles. The highest BCUT2D eigenvalue weighted by Gasteiger charge is 2.30. The molecule has 1 N–H and O–H groups in total. The van der Waals surface area contributed by atoms with Gasteiger partial charge in [-0.3, -0.25) is 4.99 Å². The number of nitrogens with zero attached hydrogens (tertiary/aromatic N) is 2. The molecular weight excluding hydrogens is 369 g/mol. The van der Waals surface area contributed by atoms with Crippen LogP contribution in [-0.2, 0) is 0 Å². The second kappa shape index (κ2) is 9.91. The molecular formula is C14H28IN3S. The van der Waals surface area contributed by atoms with E-state index in [4.69, 9.17) is 4.99 Å². The van der Waals surface area contributed by atoms with Crippen molar-refractivity contribution in [2.45, 2.75) is 27.2 Å². The Morgan fingerprint density at radius 2 is 2.26 bits per heavy atom. The van der Waals surface area contributed by atoms with Crippen LogP contribution in [0.4, 0.5) is 0 Å². The van der Waals surface area contributed by atoms with Crippen LogP contribution in [0.25, 0.3) is 0 Å². The van der Waals surface area contributed by atoms with E-state index in [1.165, 1.54) is 6.42 Å². The molecule has 0 unspecified atom stereocenters. The van der Waals surface area contributed by atoms with Crippen LogP contribution < -0.4 is 5.32 Å². The lowest BCUT2D eigenvalue weighted by molar-refractivity contribution is 0.370. The van der Waals surface area contributed by atoms with Crippen LogP contribution in [0.1, 0.15) is 27.2 Å². The van der Waals surface area contributed by atoms with Crippen molar-refractivity contribution in [1.82, 2.24) is 10.2 Å². The Kier molecular flexibility index (Phi) is 9.96. The highest BCUT2D eigenvalue weighted by Crippen LogP contribution is 2.28. The Labute approximate surface area is 139 Å². The number of nitrogens with one attached hydrogen (secondary N) is 1. The Morgan fingerprint density at radius 3 is 2.79 bits per heavy atom. The molecule has 1 rings (SSSR count). The van der Waals surface area contributed by atoms with E-state index in [-0.39, 0.29) is 24.0 Å². The van der Waals surface area contributed by atoms with Crippen LogP contribution in [0.2, 0.25) is 0 Å². The monoisotopic (exact) mass is 397 g/mol. The van der Waals surface area contributed by atoms with Gasteiger partial charge in [0.25, 0.3) is 0 Å². The zero-order valence-corrected chi connectivity index (χ0v) is 15.6. The zero-order valence-electron chi connectivity index (χ0n) is 12.4. The van der Waals surface area contributed by atoms with Gasteiger partial charge in [0, 0.05) is 31.1 Å². The molecule has 1 heterocycles. The van der Waals surface area contributed by atoms with Crippen molar-refractivity contribution in [3.8, 4) is 0 Å². The van der Waals surface area contributed by atoms with Gasteiger partial charge in [-0.1, -0.05) is 19.9 Å². The molecule has 0 aromatic heterocycles. The first kappa shape index (κ1) is 19.1. The third kappa shape index (κ3) is 7.44. The minimum atomic E-state index is 0. The van der Waals surface area contributed by atoms with Crippen LogP contribution in [0.3, 0.4) is 0 Å². The van der Waals surface area contributed by atoms with Crippen LogP contribution in [-0.4, -0.2) is 48.5 Å². The maximum Gasteiger partial charge on any atom is 0.193 e. The molecule has 3 nitrogen and oxygen atoms in total. The van der Waals surface area contributed by atoms with Gasteiger partial charge in [-0.25, -0.2) is 0 Å². The molecule has 1 saturated heterocycles. The predicted molar refractivity (Wildman–Crippen MR) is 98.9 cm³/mol. The number of hydrogen-bond acceptors (Lipinski definition) is 2. The lowest BCUT2D eigenvalue weighted by atomic mass is 9.93. The van der Waals surface area contributed by atoms with Crippen molar-refractivity contribution >= 4 is 41.7 Å². The zero-order chi connectivity index (χ0) is 13.4. The summed E-state index contributed by atoms with van der Waals surface area (Å²) in [7, 11) is 0. The Balaban J connectivity index is 0.00000324. The third-order valence-corrected chi connectivity index (χ3v) is 3.99. The second-order valence-electron chi connectivity index (χ2n) is 5.44. The van der Waals surface area contributed by atoms with E-state index < -0.39 is 0 Å². The molecule has 19 heavy (non-hydrogen) atoms. The molecule has 5 heteroatoms. The van der Waals surface area contributed by atoms with Crippen LogP contribution in [0, 0.1) is 5.41 Å². The first-order valence-corrected chi connectivity index (χ1v) is 7.96. The summed E-state index contributed by atoms with van der Waals surface area (Å²) in [6, 6.07) is 0. The molecule has 0 saturated carbocycles. The average molecular weight is 397 g/mol. The van der Waals surface area contributed by atoms with E-state index in [1.54, 1.807) is 0 Å². The van der Waals surface area contributed by atoms with Crippen molar-refractivity contribution in [1.29, 1.82) is 0 Å². The highest BCUT2D eigenvalue weighted by atomic mass is 127.